The van der Waals surface area contributed by atoms with Crippen molar-refractivity contribution in [2.24, 2.45) is 0 Å². The van der Waals surface area contributed by atoms with Crippen LogP contribution in [0.15, 0.2) is 12.1 Å². The zero-order chi connectivity index (χ0) is 20.2. The summed E-state index contributed by atoms with van der Waals surface area (Å²) in [5.74, 6) is -0.205. The number of nitrogens with zero attached hydrogens (tertiary/aromatic N) is 1. The predicted octanol–water partition coefficient (Wildman–Crippen LogP) is 3.26. The number of hydrogen-bond donors (Lipinski definition) is 0. The number of hydrogen-bond acceptors (Lipinski definition) is 5. The third kappa shape index (κ3) is 3.78. The molecular formula is C19H27BFNO5. The summed E-state index contributed by atoms with van der Waals surface area (Å²) in [5, 5.41) is 0. The first kappa shape index (κ1) is 20.0. The van der Waals surface area contributed by atoms with Crippen molar-refractivity contribution in [3.05, 3.63) is 17.9 Å². The molecule has 27 heavy (non-hydrogen) atoms. The van der Waals surface area contributed by atoms with Crippen LogP contribution in [0.4, 0.5) is 14.9 Å². The van der Waals surface area contributed by atoms with Crippen LogP contribution in [0, 0.1) is 5.82 Å². The molecule has 0 radical (unpaired) electrons. The largest absolute Gasteiger partial charge is 0.497 e. The third-order valence-electron chi connectivity index (χ3n) is 5.06. The highest BCUT2D eigenvalue weighted by Gasteiger charge is 2.52. The van der Waals surface area contributed by atoms with Crippen LogP contribution in [0.5, 0.6) is 5.75 Å². The second kappa shape index (κ2) is 6.38. The van der Waals surface area contributed by atoms with E-state index in [1.807, 2.05) is 27.7 Å². The lowest BCUT2D eigenvalue weighted by Gasteiger charge is -2.32. The normalized spacial score (nSPS) is 20.9. The molecule has 2 aliphatic rings. The molecule has 0 atom stereocenters. The highest BCUT2D eigenvalue weighted by molar-refractivity contribution is 6.62. The Balaban J connectivity index is 1.96. The van der Waals surface area contributed by atoms with Gasteiger partial charge in [0.2, 0.25) is 0 Å². The van der Waals surface area contributed by atoms with Gasteiger partial charge < -0.3 is 18.8 Å². The van der Waals surface area contributed by atoms with Crippen molar-refractivity contribution in [1.82, 2.24) is 0 Å². The summed E-state index contributed by atoms with van der Waals surface area (Å²) in [6, 6.07) is 2.82. The van der Waals surface area contributed by atoms with Gasteiger partial charge in [-0.15, -0.1) is 0 Å². The molecule has 1 saturated heterocycles. The lowest BCUT2D eigenvalue weighted by molar-refractivity contribution is 0.00578. The lowest BCUT2D eigenvalue weighted by Crippen LogP contribution is -2.43. The lowest BCUT2D eigenvalue weighted by atomic mass is 9.78. The Morgan fingerprint density at radius 3 is 2.33 bits per heavy atom. The molecular weight excluding hydrogens is 352 g/mol. The minimum absolute atomic E-state index is 0.228. The number of benzene rings is 1. The minimum Gasteiger partial charge on any atom is -0.489 e. The van der Waals surface area contributed by atoms with E-state index in [4.69, 9.17) is 18.8 Å². The van der Waals surface area contributed by atoms with Gasteiger partial charge in [0.15, 0.2) is 0 Å². The molecule has 1 aromatic rings. The molecule has 6 nitrogen and oxygen atoms in total. The van der Waals surface area contributed by atoms with Crippen molar-refractivity contribution in [3.8, 4) is 5.75 Å². The number of fused-ring (bicyclic) bond motifs is 1. The van der Waals surface area contributed by atoms with Gasteiger partial charge in [0.05, 0.1) is 23.4 Å². The van der Waals surface area contributed by atoms with E-state index >= 15 is 0 Å². The molecule has 0 N–H and O–H groups in total. The molecule has 8 heteroatoms. The van der Waals surface area contributed by atoms with Crippen molar-refractivity contribution in [3.63, 3.8) is 0 Å². The summed E-state index contributed by atoms with van der Waals surface area (Å²) in [5.41, 5.74) is -1.15. The third-order valence-corrected chi connectivity index (χ3v) is 5.06. The predicted molar refractivity (Wildman–Crippen MR) is 101 cm³/mol. The van der Waals surface area contributed by atoms with E-state index in [1.165, 1.54) is 11.0 Å². The zero-order valence-corrected chi connectivity index (χ0v) is 17.0. The molecule has 0 spiro atoms. The maximum absolute atomic E-state index is 14.8. The Hall–Kier alpha value is -1.80. The molecule has 3 rings (SSSR count). The second-order valence-electron chi connectivity index (χ2n) is 8.91. The fourth-order valence-corrected chi connectivity index (χ4v) is 2.91. The topological polar surface area (TPSA) is 57.2 Å². The van der Waals surface area contributed by atoms with Crippen LogP contribution in [-0.4, -0.2) is 43.2 Å². The number of ether oxygens (including phenoxy) is 2. The highest BCUT2D eigenvalue weighted by atomic mass is 19.1. The number of carbonyl (C=O) groups excluding carboxylic acids is 1. The van der Waals surface area contributed by atoms with Crippen LogP contribution in [0.1, 0.15) is 48.5 Å². The van der Waals surface area contributed by atoms with Gasteiger partial charge in [-0.3, -0.25) is 4.90 Å². The number of amides is 1. The summed E-state index contributed by atoms with van der Waals surface area (Å²) in [6.07, 6.45) is -0.501. The van der Waals surface area contributed by atoms with E-state index < -0.39 is 35.8 Å². The van der Waals surface area contributed by atoms with Crippen LogP contribution in [0.2, 0.25) is 0 Å². The first-order chi connectivity index (χ1) is 12.3. The zero-order valence-electron chi connectivity index (χ0n) is 17.0. The molecule has 0 aliphatic carbocycles. The summed E-state index contributed by atoms with van der Waals surface area (Å²) in [6.45, 7) is 13.6. The quantitative estimate of drug-likeness (QED) is 0.702. The maximum atomic E-state index is 14.8. The van der Waals surface area contributed by atoms with E-state index in [2.05, 4.69) is 0 Å². The van der Waals surface area contributed by atoms with Gasteiger partial charge in [0, 0.05) is 11.5 Å². The van der Waals surface area contributed by atoms with E-state index in [1.54, 1.807) is 26.8 Å². The molecule has 1 amide bonds. The molecule has 1 fully saturated rings. The Morgan fingerprint density at radius 1 is 1.19 bits per heavy atom. The van der Waals surface area contributed by atoms with Crippen molar-refractivity contribution >= 4 is 24.4 Å². The second-order valence-corrected chi connectivity index (χ2v) is 8.91. The van der Waals surface area contributed by atoms with Crippen LogP contribution >= 0.6 is 0 Å². The molecule has 1 aromatic carbocycles. The first-order valence-corrected chi connectivity index (χ1v) is 9.13. The van der Waals surface area contributed by atoms with E-state index in [0.717, 1.165) is 0 Å². The molecule has 0 unspecified atom stereocenters. The standard InChI is InChI=1S/C19H27BFNO5/c1-17(2,3)25-16(23)22-8-9-24-15-11-13(21)12(10-14(15)22)20-26-18(4,5)19(6,7)27-20/h10-11H,8-9H2,1-7H3. The van der Waals surface area contributed by atoms with Gasteiger partial charge in [-0.2, -0.15) is 0 Å². The summed E-state index contributed by atoms with van der Waals surface area (Å²) in [4.78, 5) is 14.0. The van der Waals surface area contributed by atoms with Crippen molar-refractivity contribution in [1.29, 1.82) is 0 Å². The van der Waals surface area contributed by atoms with Crippen LogP contribution < -0.4 is 15.1 Å². The van der Waals surface area contributed by atoms with Crippen molar-refractivity contribution in [2.75, 3.05) is 18.1 Å². The van der Waals surface area contributed by atoms with Gasteiger partial charge in [-0.25, -0.2) is 9.18 Å². The Labute approximate surface area is 160 Å². The first-order valence-electron chi connectivity index (χ1n) is 9.13. The molecule has 2 aliphatic heterocycles. The van der Waals surface area contributed by atoms with E-state index in [-0.39, 0.29) is 12.1 Å². The SMILES string of the molecule is CC(C)(C)OC(=O)N1CCOc2cc(F)c(B3OC(C)(C)C(C)(C)O3)cc21. The number of halogens is 1. The van der Waals surface area contributed by atoms with E-state index in [9.17, 15) is 9.18 Å². The monoisotopic (exact) mass is 379 g/mol. The smallest absolute Gasteiger partial charge is 0.489 e. The van der Waals surface area contributed by atoms with Gasteiger partial charge in [-0.05, 0) is 54.5 Å². The number of carbonyl (C=O) groups is 1. The Kier molecular flexibility index (Phi) is 4.71. The summed E-state index contributed by atoms with van der Waals surface area (Å²) < 4.78 is 37.7. The minimum atomic E-state index is -0.872. The molecule has 2 heterocycles. The Morgan fingerprint density at radius 2 is 1.78 bits per heavy atom. The molecule has 0 bridgehead atoms. The summed E-state index contributed by atoms with van der Waals surface area (Å²) in [7, 11) is -0.872. The fraction of sp³-hybridized carbons (Fsp3) is 0.632. The molecule has 148 valence electrons. The molecule has 0 aromatic heterocycles. The van der Waals surface area contributed by atoms with Gasteiger partial charge >= 0.3 is 13.2 Å². The van der Waals surface area contributed by atoms with Gasteiger partial charge in [-0.1, -0.05) is 0 Å². The van der Waals surface area contributed by atoms with Crippen molar-refractivity contribution in [2.45, 2.75) is 65.3 Å². The van der Waals surface area contributed by atoms with Gasteiger partial charge in [0.25, 0.3) is 0 Å². The molecule has 0 saturated carbocycles. The van der Waals surface area contributed by atoms with Crippen LogP contribution in [0.3, 0.4) is 0 Å². The van der Waals surface area contributed by atoms with E-state index in [0.29, 0.717) is 18.0 Å². The highest BCUT2D eigenvalue weighted by Crippen LogP contribution is 2.38. The van der Waals surface area contributed by atoms with Crippen molar-refractivity contribution < 1.29 is 28.0 Å². The average Bonchev–Trinajstić information content (AvgIpc) is 2.72. The maximum Gasteiger partial charge on any atom is 0.497 e. The average molecular weight is 379 g/mol. The van der Waals surface area contributed by atoms with Crippen LogP contribution in [-0.2, 0) is 14.0 Å². The fourth-order valence-electron chi connectivity index (χ4n) is 2.91. The number of rotatable bonds is 1. The summed E-state index contributed by atoms with van der Waals surface area (Å²) >= 11 is 0. The number of anilines is 1. The van der Waals surface area contributed by atoms with Crippen LogP contribution in [0.25, 0.3) is 0 Å². The van der Waals surface area contributed by atoms with Gasteiger partial charge in [0.1, 0.15) is 23.8 Å². The Bertz CT molecular complexity index is 743.